The highest BCUT2D eigenvalue weighted by atomic mass is 16.5. The summed E-state index contributed by atoms with van der Waals surface area (Å²) in [7, 11) is 0. The van der Waals surface area contributed by atoms with Crippen molar-refractivity contribution in [3.8, 4) is 0 Å². The summed E-state index contributed by atoms with van der Waals surface area (Å²) < 4.78 is 5.32. The van der Waals surface area contributed by atoms with Crippen molar-refractivity contribution in [1.29, 1.82) is 0 Å². The van der Waals surface area contributed by atoms with Gasteiger partial charge < -0.3 is 4.74 Å². The van der Waals surface area contributed by atoms with E-state index in [1.54, 1.807) is 0 Å². The Morgan fingerprint density at radius 3 is 2.78 bits per heavy atom. The number of pyridine rings is 1. The Labute approximate surface area is 107 Å². The number of hydrogen-bond donors (Lipinski definition) is 0. The van der Waals surface area contributed by atoms with E-state index in [0.717, 1.165) is 16.5 Å². The minimum atomic E-state index is -0.0717. The standard InChI is InChI=1S/C15H17NO2/c1-10(2)18-9-15(17)14-8-11(3)12-6-4-5-7-13(12)16-14/h4-8,10H,9H2,1-3H3. The van der Waals surface area contributed by atoms with E-state index in [0.29, 0.717) is 5.69 Å². The third-order valence-corrected chi connectivity index (χ3v) is 2.76. The zero-order valence-electron chi connectivity index (χ0n) is 10.9. The summed E-state index contributed by atoms with van der Waals surface area (Å²) in [5.41, 5.74) is 2.39. The third-order valence-electron chi connectivity index (χ3n) is 2.76. The Hall–Kier alpha value is -1.74. The van der Waals surface area contributed by atoms with Crippen LogP contribution in [0, 0.1) is 6.92 Å². The summed E-state index contributed by atoms with van der Waals surface area (Å²) in [6.07, 6.45) is 0.0514. The predicted octanol–water partition coefficient (Wildman–Crippen LogP) is 3.15. The van der Waals surface area contributed by atoms with Crippen molar-refractivity contribution in [1.82, 2.24) is 4.98 Å². The van der Waals surface area contributed by atoms with Gasteiger partial charge in [0.1, 0.15) is 12.3 Å². The summed E-state index contributed by atoms with van der Waals surface area (Å²) in [6, 6.07) is 9.65. The number of hydrogen-bond acceptors (Lipinski definition) is 3. The van der Waals surface area contributed by atoms with E-state index < -0.39 is 0 Å². The molecule has 0 atom stereocenters. The van der Waals surface area contributed by atoms with Crippen molar-refractivity contribution in [2.24, 2.45) is 0 Å². The van der Waals surface area contributed by atoms with Gasteiger partial charge in [-0.15, -0.1) is 0 Å². The number of carbonyl (C=O) groups excluding carboxylic acids is 1. The Morgan fingerprint density at radius 2 is 2.06 bits per heavy atom. The molecule has 1 heterocycles. The third kappa shape index (κ3) is 2.74. The van der Waals surface area contributed by atoms with Crippen LogP contribution >= 0.6 is 0 Å². The van der Waals surface area contributed by atoms with Gasteiger partial charge in [-0.25, -0.2) is 4.98 Å². The largest absolute Gasteiger partial charge is 0.371 e. The van der Waals surface area contributed by atoms with Crippen LogP contribution in [-0.4, -0.2) is 23.5 Å². The number of rotatable bonds is 4. The van der Waals surface area contributed by atoms with Crippen LogP contribution < -0.4 is 0 Å². The molecule has 0 saturated carbocycles. The molecule has 0 spiro atoms. The molecular formula is C15H17NO2. The molecule has 0 aliphatic carbocycles. The highest BCUT2D eigenvalue weighted by Crippen LogP contribution is 2.17. The number of ketones is 1. The average molecular weight is 243 g/mol. The number of ether oxygens (including phenoxy) is 1. The molecule has 0 unspecified atom stereocenters. The monoisotopic (exact) mass is 243 g/mol. The van der Waals surface area contributed by atoms with Crippen molar-refractivity contribution in [2.45, 2.75) is 26.9 Å². The molecule has 1 aromatic carbocycles. The second-order valence-electron chi connectivity index (χ2n) is 4.62. The van der Waals surface area contributed by atoms with Crippen molar-refractivity contribution in [3.05, 3.63) is 41.6 Å². The lowest BCUT2D eigenvalue weighted by molar-refractivity contribution is 0.0581. The van der Waals surface area contributed by atoms with Gasteiger partial charge in [0.05, 0.1) is 11.6 Å². The van der Waals surface area contributed by atoms with Crippen molar-refractivity contribution >= 4 is 16.7 Å². The molecular weight excluding hydrogens is 226 g/mol. The van der Waals surface area contributed by atoms with E-state index >= 15 is 0 Å². The summed E-state index contributed by atoms with van der Waals surface area (Å²) in [5, 5.41) is 1.08. The number of fused-ring (bicyclic) bond motifs is 1. The van der Waals surface area contributed by atoms with Crippen molar-refractivity contribution in [3.63, 3.8) is 0 Å². The molecule has 2 aromatic rings. The van der Waals surface area contributed by atoms with Gasteiger partial charge in [0, 0.05) is 5.39 Å². The molecule has 0 N–H and O–H groups in total. The molecule has 0 amide bonds. The SMILES string of the molecule is Cc1cc(C(=O)COC(C)C)nc2ccccc12. The van der Waals surface area contributed by atoms with E-state index in [9.17, 15) is 4.79 Å². The molecule has 3 heteroatoms. The maximum atomic E-state index is 12.0. The first-order valence-electron chi connectivity index (χ1n) is 6.09. The number of carbonyl (C=O) groups is 1. The fourth-order valence-electron chi connectivity index (χ4n) is 1.81. The summed E-state index contributed by atoms with van der Waals surface area (Å²) in [4.78, 5) is 16.3. The molecule has 0 bridgehead atoms. The minimum Gasteiger partial charge on any atom is -0.371 e. The second-order valence-corrected chi connectivity index (χ2v) is 4.62. The van der Waals surface area contributed by atoms with Crippen LogP contribution in [0.3, 0.4) is 0 Å². The summed E-state index contributed by atoms with van der Waals surface area (Å²) in [5.74, 6) is -0.0717. The van der Waals surface area contributed by atoms with Crippen LogP contribution in [0.1, 0.15) is 29.9 Å². The number of Topliss-reactive ketones (excluding diaryl/α,β-unsaturated/α-hetero) is 1. The van der Waals surface area contributed by atoms with Gasteiger partial charge in [0.15, 0.2) is 0 Å². The zero-order valence-corrected chi connectivity index (χ0v) is 10.9. The normalized spacial score (nSPS) is 11.1. The number of benzene rings is 1. The summed E-state index contributed by atoms with van der Waals surface area (Å²) >= 11 is 0. The van der Waals surface area contributed by atoms with Crippen LogP contribution in [-0.2, 0) is 4.74 Å². The Kier molecular flexibility index (Phi) is 3.72. The number of aryl methyl sites for hydroxylation is 1. The van der Waals surface area contributed by atoms with E-state index in [2.05, 4.69) is 4.98 Å². The highest BCUT2D eigenvalue weighted by Gasteiger charge is 2.11. The Morgan fingerprint density at radius 1 is 1.33 bits per heavy atom. The fraction of sp³-hybridized carbons (Fsp3) is 0.333. The minimum absolute atomic E-state index is 0.0514. The lowest BCUT2D eigenvalue weighted by Gasteiger charge is -2.08. The van der Waals surface area contributed by atoms with Crippen molar-refractivity contribution < 1.29 is 9.53 Å². The maximum absolute atomic E-state index is 12.0. The predicted molar refractivity (Wildman–Crippen MR) is 71.9 cm³/mol. The smallest absolute Gasteiger partial charge is 0.206 e. The highest BCUT2D eigenvalue weighted by molar-refractivity contribution is 5.98. The van der Waals surface area contributed by atoms with Crippen molar-refractivity contribution in [2.75, 3.05) is 6.61 Å². The maximum Gasteiger partial charge on any atom is 0.206 e. The molecule has 3 nitrogen and oxygen atoms in total. The van der Waals surface area contributed by atoms with Gasteiger partial charge in [0.2, 0.25) is 5.78 Å². The molecule has 0 fully saturated rings. The van der Waals surface area contributed by atoms with Crippen LogP contribution in [0.2, 0.25) is 0 Å². The van der Waals surface area contributed by atoms with Gasteiger partial charge in [-0.3, -0.25) is 4.79 Å². The zero-order chi connectivity index (χ0) is 13.1. The van der Waals surface area contributed by atoms with Gasteiger partial charge in [0.25, 0.3) is 0 Å². The van der Waals surface area contributed by atoms with Gasteiger partial charge in [-0.2, -0.15) is 0 Å². The van der Waals surface area contributed by atoms with Crippen LogP contribution in [0.15, 0.2) is 30.3 Å². The lowest BCUT2D eigenvalue weighted by Crippen LogP contribution is -2.15. The molecule has 0 radical (unpaired) electrons. The Bertz CT molecular complexity index is 576. The van der Waals surface area contributed by atoms with E-state index in [4.69, 9.17) is 4.74 Å². The summed E-state index contributed by atoms with van der Waals surface area (Å²) in [6.45, 7) is 5.89. The molecule has 0 aliphatic rings. The molecule has 94 valence electrons. The second kappa shape index (κ2) is 5.27. The quantitative estimate of drug-likeness (QED) is 0.774. The topological polar surface area (TPSA) is 39.2 Å². The van der Waals surface area contributed by atoms with E-state index in [1.807, 2.05) is 51.1 Å². The van der Waals surface area contributed by atoms with E-state index in [-0.39, 0.29) is 18.5 Å². The number of aromatic nitrogens is 1. The number of nitrogens with zero attached hydrogens (tertiary/aromatic N) is 1. The van der Waals surface area contributed by atoms with Crippen LogP contribution in [0.25, 0.3) is 10.9 Å². The first kappa shape index (κ1) is 12.7. The molecule has 18 heavy (non-hydrogen) atoms. The first-order valence-corrected chi connectivity index (χ1v) is 6.09. The van der Waals surface area contributed by atoms with Gasteiger partial charge >= 0.3 is 0 Å². The lowest BCUT2D eigenvalue weighted by atomic mass is 10.1. The molecule has 2 rings (SSSR count). The number of para-hydroxylation sites is 1. The van der Waals surface area contributed by atoms with Gasteiger partial charge in [-0.1, -0.05) is 18.2 Å². The van der Waals surface area contributed by atoms with Crippen LogP contribution in [0.5, 0.6) is 0 Å². The molecule has 0 aliphatic heterocycles. The van der Waals surface area contributed by atoms with Crippen LogP contribution in [0.4, 0.5) is 0 Å². The first-order chi connectivity index (χ1) is 8.58. The Balaban J connectivity index is 2.31. The molecule has 0 saturated heterocycles. The fourth-order valence-corrected chi connectivity index (χ4v) is 1.81. The average Bonchev–Trinajstić information content (AvgIpc) is 2.36. The molecule has 1 aromatic heterocycles. The van der Waals surface area contributed by atoms with Gasteiger partial charge in [-0.05, 0) is 38.5 Å². The van der Waals surface area contributed by atoms with E-state index in [1.165, 1.54) is 0 Å².